The Morgan fingerprint density at radius 1 is 1.04 bits per heavy atom. The number of morpholine rings is 1. The van der Waals surface area contributed by atoms with E-state index < -0.39 is 0 Å². The predicted molar refractivity (Wildman–Crippen MR) is 99.1 cm³/mol. The summed E-state index contributed by atoms with van der Waals surface area (Å²) in [5.74, 6) is 1.81. The van der Waals surface area contributed by atoms with Gasteiger partial charge in [-0.05, 0) is 24.7 Å². The lowest BCUT2D eigenvalue weighted by Gasteiger charge is -2.43. The normalized spacial score (nSPS) is 32.1. The molecule has 3 saturated heterocycles. The first-order chi connectivity index (χ1) is 10.8. The third kappa shape index (κ3) is 3.85. The lowest BCUT2D eigenvalue weighted by molar-refractivity contribution is -0.135. The van der Waals surface area contributed by atoms with Gasteiger partial charge < -0.3 is 15.0 Å². The maximum Gasteiger partial charge on any atom is 0.224 e. The molecule has 24 heavy (non-hydrogen) atoms. The first kappa shape index (κ1) is 20.2. The number of likely N-dealkylation sites (tertiary alicyclic amines) is 1. The maximum atomic E-state index is 12.9. The molecule has 1 aliphatic carbocycles. The van der Waals surface area contributed by atoms with E-state index in [9.17, 15) is 4.79 Å². The molecule has 0 radical (unpaired) electrons. The first-order valence-corrected chi connectivity index (χ1v) is 9.08. The van der Waals surface area contributed by atoms with Crippen molar-refractivity contribution in [2.75, 3.05) is 52.5 Å². The van der Waals surface area contributed by atoms with Crippen molar-refractivity contribution < 1.29 is 9.53 Å². The van der Waals surface area contributed by atoms with Crippen LogP contribution in [0.3, 0.4) is 0 Å². The summed E-state index contributed by atoms with van der Waals surface area (Å²) in [5.41, 5.74) is 0.136. The van der Waals surface area contributed by atoms with E-state index in [1.807, 2.05) is 0 Å². The molecule has 3 aliphatic heterocycles. The van der Waals surface area contributed by atoms with Crippen LogP contribution >= 0.6 is 24.8 Å². The number of nitrogens with zero attached hydrogens (tertiary/aromatic N) is 2. The molecule has 7 heteroatoms. The molecule has 4 rings (SSSR count). The Morgan fingerprint density at radius 2 is 1.62 bits per heavy atom. The smallest absolute Gasteiger partial charge is 0.224 e. The van der Waals surface area contributed by atoms with Gasteiger partial charge in [0.05, 0.1) is 13.2 Å². The number of ether oxygens (including phenoxy) is 1. The standard InChI is InChI=1S/C17H29N3O2.2ClH/c21-16(19-12-14-10-18-11-15(14)13-19)9-17(3-1-2-4-17)20-5-7-22-8-6-20;;/h14-15,18H,1-13H2;2*1H/t14-,15+;;. The van der Waals surface area contributed by atoms with E-state index in [4.69, 9.17) is 4.74 Å². The van der Waals surface area contributed by atoms with Crippen LogP contribution in [-0.2, 0) is 9.53 Å². The molecule has 1 saturated carbocycles. The summed E-state index contributed by atoms with van der Waals surface area (Å²) in [7, 11) is 0. The van der Waals surface area contributed by atoms with Gasteiger partial charge in [-0.2, -0.15) is 0 Å². The van der Waals surface area contributed by atoms with Crippen molar-refractivity contribution in [3.63, 3.8) is 0 Å². The van der Waals surface area contributed by atoms with Crippen molar-refractivity contribution in [1.29, 1.82) is 0 Å². The molecular weight excluding hydrogens is 349 g/mol. The van der Waals surface area contributed by atoms with Gasteiger partial charge in [-0.1, -0.05) is 12.8 Å². The zero-order valence-corrected chi connectivity index (χ0v) is 16.0. The van der Waals surface area contributed by atoms with Crippen LogP contribution in [0.25, 0.3) is 0 Å². The van der Waals surface area contributed by atoms with E-state index in [1.165, 1.54) is 25.7 Å². The van der Waals surface area contributed by atoms with Gasteiger partial charge in [-0.15, -0.1) is 24.8 Å². The summed E-state index contributed by atoms with van der Waals surface area (Å²) in [6.45, 7) is 7.83. The molecule has 4 fully saturated rings. The summed E-state index contributed by atoms with van der Waals surface area (Å²) in [5, 5.41) is 3.46. The van der Waals surface area contributed by atoms with E-state index in [0.29, 0.717) is 17.7 Å². The molecular formula is C17H31Cl2N3O2. The average Bonchev–Trinajstić information content (AvgIpc) is 3.24. The van der Waals surface area contributed by atoms with Crippen LogP contribution in [0.4, 0.5) is 0 Å². The molecule has 0 unspecified atom stereocenters. The van der Waals surface area contributed by atoms with Crippen molar-refractivity contribution >= 4 is 30.7 Å². The number of nitrogens with one attached hydrogen (secondary N) is 1. The largest absolute Gasteiger partial charge is 0.379 e. The number of amides is 1. The predicted octanol–water partition coefficient (Wildman–Crippen LogP) is 1.54. The minimum atomic E-state index is 0. The van der Waals surface area contributed by atoms with Crippen molar-refractivity contribution in [2.45, 2.75) is 37.6 Å². The van der Waals surface area contributed by atoms with Gasteiger partial charge >= 0.3 is 0 Å². The fourth-order valence-corrected chi connectivity index (χ4v) is 5.13. The van der Waals surface area contributed by atoms with Crippen molar-refractivity contribution in [2.24, 2.45) is 11.8 Å². The van der Waals surface area contributed by atoms with E-state index in [-0.39, 0.29) is 30.4 Å². The number of hydrogen-bond donors (Lipinski definition) is 1. The molecule has 0 aromatic heterocycles. The lowest BCUT2D eigenvalue weighted by Crippen LogP contribution is -2.54. The van der Waals surface area contributed by atoms with E-state index in [0.717, 1.165) is 58.9 Å². The van der Waals surface area contributed by atoms with Crippen LogP contribution in [0.15, 0.2) is 0 Å². The van der Waals surface area contributed by atoms with Crippen LogP contribution in [0.5, 0.6) is 0 Å². The van der Waals surface area contributed by atoms with Gasteiger partial charge in [0.2, 0.25) is 5.91 Å². The topological polar surface area (TPSA) is 44.8 Å². The Bertz CT molecular complexity index is 414. The van der Waals surface area contributed by atoms with Crippen LogP contribution in [0.1, 0.15) is 32.1 Å². The maximum absolute atomic E-state index is 12.9. The van der Waals surface area contributed by atoms with E-state index in [1.54, 1.807) is 0 Å². The van der Waals surface area contributed by atoms with Crippen LogP contribution in [0, 0.1) is 11.8 Å². The Hall–Kier alpha value is -0.0700. The summed E-state index contributed by atoms with van der Waals surface area (Å²) in [6, 6.07) is 0. The lowest BCUT2D eigenvalue weighted by atomic mass is 9.89. The quantitative estimate of drug-likeness (QED) is 0.807. The molecule has 1 amide bonds. The number of fused-ring (bicyclic) bond motifs is 1. The minimum absolute atomic E-state index is 0. The van der Waals surface area contributed by atoms with Gasteiger partial charge in [0.1, 0.15) is 0 Å². The molecule has 3 heterocycles. The van der Waals surface area contributed by atoms with Gasteiger partial charge in [-0.25, -0.2) is 0 Å². The second kappa shape index (κ2) is 8.54. The molecule has 5 nitrogen and oxygen atoms in total. The molecule has 0 aromatic rings. The molecule has 0 aromatic carbocycles. The Morgan fingerprint density at radius 3 is 2.21 bits per heavy atom. The highest BCUT2D eigenvalue weighted by Gasteiger charge is 2.44. The van der Waals surface area contributed by atoms with Gasteiger partial charge in [-0.3, -0.25) is 9.69 Å². The number of hydrogen-bond acceptors (Lipinski definition) is 4. The highest BCUT2D eigenvalue weighted by Crippen LogP contribution is 2.39. The Balaban J connectivity index is 0.00000104. The highest BCUT2D eigenvalue weighted by atomic mass is 35.5. The highest BCUT2D eigenvalue weighted by molar-refractivity contribution is 5.85. The van der Waals surface area contributed by atoms with Gasteiger partial charge in [0.25, 0.3) is 0 Å². The minimum Gasteiger partial charge on any atom is -0.379 e. The first-order valence-electron chi connectivity index (χ1n) is 9.08. The summed E-state index contributed by atoms with van der Waals surface area (Å²) in [6.07, 6.45) is 5.68. The monoisotopic (exact) mass is 379 g/mol. The molecule has 2 atom stereocenters. The van der Waals surface area contributed by atoms with Gasteiger partial charge in [0.15, 0.2) is 0 Å². The summed E-state index contributed by atoms with van der Waals surface area (Å²) in [4.78, 5) is 17.7. The van der Waals surface area contributed by atoms with Gasteiger partial charge in [0, 0.05) is 51.2 Å². The van der Waals surface area contributed by atoms with Crippen LogP contribution < -0.4 is 5.32 Å². The average molecular weight is 380 g/mol. The summed E-state index contributed by atoms with van der Waals surface area (Å²) >= 11 is 0. The zero-order valence-electron chi connectivity index (χ0n) is 14.4. The number of halogens is 2. The third-order valence-electron chi connectivity index (χ3n) is 6.44. The molecule has 4 aliphatic rings. The second-order valence-electron chi connectivity index (χ2n) is 7.68. The van der Waals surface area contributed by atoms with Crippen molar-refractivity contribution in [1.82, 2.24) is 15.1 Å². The second-order valence-corrected chi connectivity index (χ2v) is 7.68. The fourth-order valence-electron chi connectivity index (χ4n) is 5.13. The Kier molecular flexibility index (Phi) is 7.21. The number of rotatable bonds is 3. The third-order valence-corrected chi connectivity index (χ3v) is 6.44. The Labute approximate surface area is 157 Å². The van der Waals surface area contributed by atoms with E-state index in [2.05, 4.69) is 15.1 Å². The SMILES string of the molecule is Cl.Cl.O=C(CC1(N2CCOCC2)CCCC1)N1C[C@H]2CNC[C@H]2C1. The zero-order chi connectivity index (χ0) is 15.0. The van der Waals surface area contributed by atoms with Crippen molar-refractivity contribution in [3.8, 4) is 0 Å². The molecule has 0 bridgehead atoms. The molecule has 1 N–H and O–H groups in total. The number of carbonyl (C=O) groups excluding carboxylic acids is 1. The van der Waals surface area contributed by atoms with Crippen molar-refractivity contribution in [3.05, 3.63) is 0 Å². The van der Waals surface area contributed by atoms with Crippen LogP contribution in [0.2, 0.25) is 0 Å². The fraction of sp³-hybridized carbons (Fsp3) is 0.941. The van der Waals surface area contributed by atoms with E-state index >= 15 is 0 Å². The molecule has 0 spiro atoms. The summed E-state index contributed by atoms with van der Waals surface area (Å²) < 4.78 is 5.52. The molecule has 140 valence electrons. The number of carbonyl (C=O) groups is 1. The van der Waals surface area contributed by atoms with Crippen LogP contribution in [-0.4, -0.2) is 73.7 Å².